The number of fused-ring (bicyclic) bond motifs is 2. The normalized spacial score (nSPS) is 17.7. The number of carbonyl (C=O) groups is 2. The molecule has 2 aromatic carbocycles. The summed E-state index contributed by atoms with van der Waals surface area (Å²) in [6, 6.07) is 13.1. The Kier molecular flexibility index (Phi) is 5.16. The van der Waals surface area contributed by atoms with Gasteiger partial charge in [0.1, 0.15) is 6.04 Å². The van der Waals surface area contributed by atoms with Crippen molar-refractivity contribution in [3.63, 3.8) is 0 Å². The standard InChI is InChI=1S/C21H22N2O5/c1-26-21(25)17-9-15-4-2-3-5-16(15)11-23(17)12-20(24)22-10-14-6-7-18-19(8-14)28-13-27-18/h2-8,17H,9-13H2,1H3,(H,22,24)/t17-/m1/s1. The zero-order chi connectivity index (χ0) is 19.5. The molecule has 0 unspecified atom stereocenters. The van der Waals surface area contributed by atoms with E-state index in [1.165, 1.54) is 7.11 Å². The molecule has 28 heavy (non-hydrogen) atoms. The molecule has 1 amide bonds. The largest absolute Gasteiger partial charge is 0.468 e. The average Bonchev–Trinajstić information content (AvgIpc) is 3.19. The van der Waals surface area contributed by atoms with Gasteiger partial charge in [0.15, 0.2) is 11.5 Å². The summed E-state index contributed by atoms with van der Waals surface area (Å²) in [6.45, 7) is 1.26. The first-order chi connectivity index (χ1) is 13.6. The maximum atomic E-state index is 12.5. The number of ether oxygens (including phenoxy) is 3. The summed E-state index contributed by atoms with van der Waals surface area (Å²) in [5, 5.41) is 2.91. The van der Waals surface area contributed by atoms with Crippen LogP contribution in [0.4, 0.5) is 0 Å². The Labute approximate surface area is 163 Å². The van der Waals surface area contributed by atoms with Crippen LogP contribution in [-0.4, -0.2) is 43.3 Å². The third kappa shape index (κ3) is 3.80. The Morgan fingerprint density at radius 2 is 1.93 bits per heavy atom. The second-order valence-corrected chi connectivity index (χ2v) is 6.88. The highest BCUT2D eigenvalue weighted by atomic mass is 16.7. The van der Waals surface area contributed by atoms with Crippen molar-refractivity contribution in [2.45, 2.75) is 25.6 Å². The molecular weight excluding hydrogens is 360 g/mol. The number of benzene rings is 2. The van der Waals surface area contributed by atoms with Crippen molar-refractivity contribution in [2.24, 2.45) is 0 Å². The summed E-state index contributed by atoms with van der Waals surface area (Å²) in [7, 11) is 1.38. The number of esters is 1. The van der Waals surface area contributed by atoms with E-state index in [-0.39, 0.29) is 25.2 Å². The van der Waals surface area contributed by atoms with Crippen molar-refractivity contribution in [2.75, 3.05) is 20.4 Å². The molecular formula is C21H22N2O5. The van der Waals surface area contributed by atoms with Crippen LogP contribution in [-0.2, 0) is 33.8 Å². The van der Waals surface area contributed by atoms with Crippen molar-refractivity contribution >= 4 is 11.9 Å². The monoisotopic (exact) mass is 382 g/mol. The van der Waals surface area contributed by atoms with E-state index in [2.05, 4.69) is 5.32 Å². The summed E-state index contributed by atoms with van der Waals surface area (Å²) in [4.78, 5) is 26.6. The highest BCUT2D eigenvalue weighted by Gasteiger charge is 2.33. The van der Waals surface area contributed by atoms with Gasteiger partial charge in [0.25, 0.3) is 0 Å². The molecule has 0 saturated carbocycles. The van der Waals surface area contributed by atoms with Crippen molar-refractivity contribution in [1.29, 1.82) is 0 Å². The van der Waals surface area contributed by atoms with Crippen LogP contribution in [0.15, 0.2) is 42.5 Å². The van der Waals surface area contributed by atoms with Gasteiger partial charge < -0.3 is 19.5 Å². The van der Waals surface area contributed by atoms with Gasteiger partial charge >= 0.3 is 5.97 Å². The zero-order valence-corrected chi connectivity index (χ0v) is 15.6. The number of rotatable bonds is 5. The second-order valence-electron chi connectivity index (χ2n) is 6.88. The topological polar surface area (TPSA) is 77.1 Å². The lowest BCUT2D eigenvalue weighted by Crippen LogP contribution is -2.49. The van der Waals surface area contributed by atoms with Gasteiger partial charge in [0, 0.05) is 13.1 Å². The van der Waals surface area contributed by atoms with E-state index in [0.29, 0.717) is 31.0 Å². The van der Waals surface area contributed by atoms with Crippen LogP contribution in [0.2, 0.25) is 0 Å². The number of carbonyl (C=O) groups excluding carboxylic acids is 2. The zero-order valence-electron chi connectivity index (χ0n) is 15.6. The number of hydrogen-bond acceptors (Lipinski definition) is 6. The highest BCUT2D eigenvalue weighted by molar-refractivity contribution is 5.81. The minimum Gasteiger partial charge on any atom is -0.468 e. The summed E-state index contributed by atoms with van der Waals surface area (Å²) < 4.78 is 15.6. The highest BCUT2D eigenvalue weighted by Crippen LogP contribution is 2.32. The molecule has 0 bridgehead atoms. The maximum absolute atomic E-state index is 12.5. The van der Waals surface area contributed by atoms with Crippen LogP contribution in [0.25, 0.3) is 0 Å². The number of nitrogens with zero attached hydrogens (tertiary/aromatic N) is 1. The van der Waals surface area contributed by atoms with Gasteiger partial charge in [-0.05, 0) is 35.2 Å². The molecule has 7 heteroatoms. The van der Waals surface area contributed by atoms with Crippen LogP contribution in [0.5, 0.6) is 11.5 Å². The minimum absolute atomic E-state index is 0.124. The lowest BCUT2D eigenvalue weighted by atomic mass is 9.94. The van der Waals surface area contributed by atoms with E-state index in [9.17, 15) is 9.59 Å². The van der Waals surface area contributed by atoms with Gasteiger partial charge in [0.05, 0.1) is 13.7 Å². The number of methoxy groups -OCH3 is 1. The van der Waals surface area contributed by atoms with Crippen LogP contribution in [0.1, 0.15) is 16.7 Å². The SMILES string of the molecule is COC(=O)[C@H]1Cc2ccccc2CN1CC(=O)NCc1ccc2c(c1)OCO2. The molecule has 0 aromatic heterocycles. The molecule has 2 aliphatic heterocycles. The van der Waals surface area contributed by atoms with Crippen LogP contribution >= 0.6 is 0 Å². The minimum atomic E-state index is -0.462. The Morgan fingerprint density at radius 3 is 2.75 bits per heavy atom. The summed E-state index contributed by atoms with van der Waals surface area (Å²) in [5.74, 6) is 0.928. The molecule has 146 valence electrons. The fourth-order valence-electron chi connectivity index (χ4n) is 3.60. The van der Waals surface area contributed by atoms with Gasteiger partial charge in [-0.3, -0.25) is 14.5 Å². The van der Waals surface area contributed by atoms with E-state index >= 15 is 0 Å². The molecule has 0 spiro atoms. The quantitative estimate of drug-likeness (QED) is 0.792. The number of hydrogen-bond donors (Lipinski definition) is 1. The van der Waals surface area contributed by atoms with Crippen molar-refractivity contribution in [3.05, 3.63) is 59.2 Å². The van der Waals surface area contributed by atoms with Gasteiger partial charge in [0.2, 0.25) is 12.7 Å². The molecule has 2 aliphatic rings. The van der Waals surface area contributed by atoms with Crippen LogP contribution in [0, 0.1) is 0 Å². The molecule has 1 N–H and O–H groups in total. The Hall–Kier alpha value is -3.06. The van der Waals surface area contributed by atoms with Crippen molar-refractivity contribution < 1.29 is 23.8 Å². The van der Waals surface area contributed by atoms with E-state index in [4.69, 9.17) is 14.2 Å². The third-order valence-electron chi connectivity index (χ3n) is 5.09. The van der Waals surface area contributed by atoms with Crippen molar-refractivity contribution in [3.8, 4) is 11.5 Å². The maximum Gasteiger partial charge on any atom is 0.323 e. The van der Waals surface area contributed by atoms with Gasteiger partial charge in [-0.2, -0.15) is 0 Å². The molecule has 2 heterocycles. The molecule has 0 radical (unpaired) electrons. The number of nitrogens with one attached hydrogen (secondary N) is 1. The Balaban J connectivity index is 1.40. The van der Waals surface area contributed by atoms with Crippen LogP contribution < -0.4 is 14.8 Å². The van der Waals surface area contributed by atoms with E-state index in [0.717, 1.165) is 16.7 Å². The molecule has 4 rings (SSSR count). The third-order valence-corrected chi connectivity index (χ3v) is 5.09. The predicted octanol–water partition coefficient (Wildman–Crippen LogP) is 1.63. The fraction of sp³-hybridized carbons (Fsp3) is 0.333. The number of amides is 1. The second kappa shape index (κ2) is 7.90. The lowest BCUT2D eigenvalue weighted by molar-refractivity contribution is -0.148. The predicted molar refractivity (Wildman–Crippen MR) is 101 cm³/mol. The van der Waals surface area contributed by atoms with Gasteiger partial charge in [-0.15, -0.1) is 0 Å². The summed E-state index contributed by atoms with van der Waals surface area (Å²) in [6.07, 6.45) is 0.540. The lowest BCUT2D eigenvalue weighted by Gasteiger charge is -2.34. The molecule has 7 nitrogen and oxygen atoms in total. The first-order valence-corrected chi connectivity index (χ1v) is 9.18. The van der Waals surface area contributed by atoms with Gasteiger partial charge in [-0.1, -0.05) is 30.3 Å². The van der Waals surface area contributed by atoms with Gasteiger partial charge in [-0.25, -0.2) is 0 Å². The first-order valence-electron chi connectivity index (χ1n) is 9.18. The van der Waals surface area contributed by atoms with E-state index < -0.39 is 6.04 Å². The summed E-state index contributed by atoms with van der Waals surface area (Å²) >= 11 is 0. The first kappa shape index (κ1) is 18.3. The molecule has 0 saturated heterocycles. The Morgan fingerprint density at radius 1 is 1.14 bits per heavy atom. The van der Waals surface area contributed by atoms with Crippen LogP contribution in [0.3, 0.4) is 0 Å². The van der Waals surface area contributed by atoms with E-state index in [1.807, 2.05) is 47.4 Å². The molecule has 1 atom stereocenters. The van der Waals surface area contributed by atoms with Crippen molar-refractivity contribution in [1.82, 2.24) is 10.2 Å². The molecule has 0 fully saturated rings. The Bertz CT molecular complexity index is 898. The molecule has 0 aliphatic carbocycles. The molecule has 2 aromatic rings. The summed E-state index contributed by atoms with van der Waals surface area (Å²) in [5.41, 5.74) is 3.17. The smallest absolute Gasteiger partial charge is 0.323 e. The van der Waals surface area contributed by atoms with E-state index in [1.54, 1.807) is 0 Å². The average molecular weight is 382 g/mol. The fourth-order valence-corrected chi connectivity index (χ4v) is 3.60.